The molecule has 0 saturated heterocycles. The van der Waals surface area contributed by atoms with Crippen LogP contribution in [0.1, 0.15) is 6.92 Å². The van der Waals surface area contributed by atoms with Gasteiger partial charge in [-0.25, -0.2) is 15.0 Å². The molecule has 0 fully saturated rings. The van der Waals surface area contributed by atoms with E-state index in [0.29, 0.717) is 0 Å². The largest absolute Gasteiger partial charge is 0.349 e. The number of carbonyl (C=O) groups is 1. The molecule has 0 aliphatic carbocycles. The van der Waals surface area contributed by atoms with Gasteiger partial charge in [-0.3, -0.25) is 4.79 Å². The predicted octanol–water partition coefficient (Wildman–Crippen LogP) is 0.619. The van der Waals surface area contributed by atoms with Crippen LogP contribution in [0.2, 0.25) is 5.28 Å². The number of rotatable bonds is 0. The summed E-state index contributed by atoms with van der Waals surface area (Å²) in [7, 11) is 3.45. The predicted molar refractivity (Wildman–Crippen MR) is 49.2 cm³/mol. The first-order valence-electron chi connectivity index (χ1n) is 3.49. The second kappa shape index (κ2) is 6.30. The minimum absolute atomic E-state index is 0.0926. The average molecular weight is 203 g/mol. The highest BCUT2D eigenvalue weighted by Crippen LogP contribution is 1.90. The molecule has 0 bridgehead atoms. The molecule has 1 amide bonds. The van der Waals surface area contributed by atoms with Crippen LogP contribution in [0, 0.1) is 0 Å². The maximum absolute atomic E-state index is 10.1. The van der Waals surface area contributed by atoms with E-state index in [2.05, 4.69) is 15.0 Å². The third kappa shape index (κ3) is 7.14. The molecule has 0 aromatic carbocycles. The van der Waals surface area contributed by atoms with Gasteiger partial charge in [0.1, 0.15) is 12.7 Å². The zero-order chi connectivity index (χ0) is 10.3. The smallest absolute Gasteiger partial charge is 0.225 e. The van der Waals surface area contributed by atoms with E-state index in [1.165, 1.54) is 24.5 Å². The minimum Gasteiger partial charge on any atom is -0.349 e. The molecular weight excluding hydrogens is 192 g/mol. The molecule has 0 aliphatic heterocycles. The summed E-state index contributed by atoms with van der Waals surface area (Å²) in [5, 5.41) is 0.231. The van der Waals surface area contributed by atoms with Gasteiger partial charge in [-0.05, 0) is 11.6 Å². The first kappa shape index (κ1) is 11.8. The quantitative estimate of drug-likeness (QED) is 0.619. The van der Waals surface area contributed by atoms with Crippen LogP contribution in [-0.2, 0) is 4.79 Å². The van der Waals surface area contributed by atoms with Crippen LogP contribution in [0.15, 0.2) is 12.7 Å². The van der Waals surface area contributed by atoms with Crippen LogP contribution in [0.5, 0.6) is 0 Å². The second-order valence-corrected chi connectivity index (χ2v) is 2.66. The molecule has 0 saturated carbocycles. The Balaban J connectivity index is 0.000000226. The highest BCUT2D eigenvalue weighted by Gasteiger charge is 1.87. The zero-order valence-corrected chi connectivity index (χ0v) is 8.49. The van der Waals surface area contributed by atoms with Crippen LogP contribution in [0.4, 0.5) is 0 Å². The number of amides is 1. The summed E-state index contributed by atoms with van der Waals surface area (Å²) >= 11 is 5.28. The molecule has 0 spiro atoms. The van der Waals surface area contributed by atoms with Crippen molar-refractivity contribution in [1.82, 2.24) is 19.9 Å². The number of halogens is 1. The highest BCUT2D eigenvalue weighted by atomic mass is 35.5. The van der Waals surface area contributed by atoms with Gasteiger partial charge in [0.25, 0.3) is 0 Å². The number of carbonyl (C=O) groups excluding carboxylic acids is 1. The molecule has 0 aliphatic rings. The number of aromatic nitrogens is 3. The van der Waals surface area contributed by atoms with Gasteiger partial charge in [0.05, 0.1) is 0 Å². The van der Waals surface area contributed by atoms with Crippen LogP contribution in [0.25, 0.3) is 0 Å². The van der Waals surface area contributed by atoms with Gasteiger partial charge in [0.15, 0.2) is 0 Å². The Bertz CT molecular complexity index is 252. The normalized spacial score (nSPS) is 8.31. The first-order valence-corrected chi connectivity index (χ1v) is 3.87. The van der Waals surface area contributed by atoms with Crippen LogP contribution >= 0.6 is 11.6 Å². The zero-order valence-electron chi connectivity index (χ0n) is 7.73. The van der Waals surface area contributed by atoms with E-state index in [9.17, 15) is 4.79 Å². The maximum Gasteiger partial charge on any atom is 0.225 e. The van der Waals surface area contributed by atoms with E-state index >= 15 is 0 Å². The lowest BCUT2D eigenvalue weighted by atomic mass is 10.7. The van der Waals surface area contributed by atoms with Crippen molar-refractivity contribution in [1.29, 1.82) is 0 Å². The van der Waals surface area contributed by atoms with Gasteiger partial charge >= 0.3 is 0 Å². The van der Waals surface area contributed by atoms with Gasteiger partial charge in [-0.15, -0.1) is 0 Å². The van der Waals surface area contributed by atoms with E-state index in [0.717, 1.165) is 0 Å². The molecule has 0 atom stereocenters. The molecule has 0 radical (unpaired) electrons. The van der Waals surface area contributed by atoms with Gasteiger partial charge in [-0.1, -0.05) is 0 Å². The number of hydrogen-bond acceptors (Lipinski definition) is 4. The van der Waals surface area contributed by atoms with Gasteiger partial charge in [-0.2, -0.15) is 0 Å². The van der Waals surface area contributed by atoms with E-state index in [1.54, 1.807) is 14.1 Å². The summed E-state index contributed by atoms with van der Waals surface area (Å²) in [6, 6.07) is 0. The highest BCUT2D eigenvalue weighted by molar-refractivity contribution is 6.28. The monoisotopic (exact) mass is 202 g/mol. The topological polar surface area (TPSA) is 59.0 Å². The molecule has 0 N–H and O–H groups in total. The second-order valence-electron chi connectivity index (χ2n) is 2.32. The van der Waals surface area contributed by atoms with Crippen LogP contribution < -0.4 is 0 Å². The fourth-order valence-electron chi connectivity index (χ4n) is 0.225. The molecule has 1 heterocycles. The molecule has 5 nitrogen and oxygen atoms in total. The van der Waals surface area contributed by atoms with Crippen LogP contribution in [-0.4, -0.2) is 39.9 Å². The lowest BCUT2D eigenvalue weighted by molar-refractivity contribution is -0.126. The van der Waals surface area contributed by atoms with Crippen molar-refractivity contribution in [2.75, 3.05) is 14.1 Å². The summed E-state index contributed by atoms with van der Waals surface area (Å²) in [5.41, 5.74) is 0. The van der Waals surface area contributed by atoms with Crippen molar-refractivity contribution in [2.24, 2.45) is 0 Å². The Morgan fingerprint density at radius 3 is 1.92 bits per heavy atom. The lowest BCUT2D eigenvalue weighted by Crippen LogP contribution is -2.17. The Hall–Kier alpha value is -1.23. The fourth-order valence-corrected chi connectivity index (χ4v) is 0.312. The van der Waals surface area contributed by atoms with Crippen molar-refractivity contribution in [3.8, 4) is 0 Å². The third-order valence-electron chi connectivity index (χ3n) is 1.09. The molecule has 1 aromatic heterocycles. The van der Waals surface area contributed by atoms with E-state index in [4.69, 9.17) is 11.6 Å². The molecular formula is C7H11ClN4O. The van der Waals surface area contributed by atoms with E-state index in [1.807, 2.05) is 0 Å². The molecule has 6 heteroatoms. The van der Waals surface area contributed by atoms with E-state index in [-0.39, 0.29) is 11.2 Å². The van der Waals surface area contributed by atoms with Crippen molar-refractivity contribution >= 4 is 17.5 Å². The summed E-state index contributed by atoms with van der Waals surface area (Å²) in [5.74, 6) is 0.0926. The summed E-state index contributed by atoms with van der Waals surface area (Å²) in [6.07, 6.45) is 2.69. The third-order valence-corrected chi connectivity index (χ3v) is 1.29. The Labute approximate surface area is 81.8 Å². The Morgan fingerprint density at radius 2 is 1.77 bits per heavy atom. The SMILES string of the molecule is CC(=O)N(C)C.Clc1ncncn1. The number of hydrogen-bond donors (Lipinski definition) is 0. The minimum atomic E-state index is 0.0926. The molecule has 1 rings (SSSR count). The first-order chi connectivity index (χ1) is 6.04. The van der Waals surface area contributed by atoms with Gasteiger partial charge in [0.2, 0.25) is 11.2 Å². The average Bonchev–Trinajstić information content (AvgIpc) is 2.06. The fraction of sp³-hybridized carbons (Fsp3) is 0.429. The van der Waals surface area contributed by atoms with Gasteiger partial charge in [0, 0.05) is 21.0 Å². The lowest BCUT2D eigenvalue weighted by Gasteiger charge is -2.02. The number of nitrogens with zero attached hydrogens (tertiary/aromatic N) is 4. The Kier molecular flexibility index (Phi) is 5.71. The van der Waals surface area contributed by atoms with E-state index < -0.39 is 0 Å². The molecule has 0 unspecified atom stereocenters. The molecule has 13 heavy (non-hydrogen) atoms. The van der Waals surface area contributed by atoms with Crippen LogP contribution in [0.3, 0.4) is 0 Å². The van der Waals surface area contributed by atoms with Crippen molar-refractivity contribution in [3.63, 3.8) is 0 Å². The maximum atomic E-state index is 10.1. The van der Waals surface area contributed by atoms with Crippen molar-refractivity contribution < 1.29 is 4.79 Å². The molecule has 72 valence electrons. The van der Waals surface area contributed by atoms with Crippen molar-refractivity contribution in [2.45, 2.75) is 6.92 Å². The van der Waals surface area contributed by atoms with Crippen molar-refractivity contribution in [3.05, 3.63) is 17.9 Å². The summed E-state index contributed by atoms with van der Waals surface area (Å²) in [6.45, 7) is 1.53. The summed E-state index contributed by atoms with van der Waals surface area (Å²) in [4.78, 5) is 22.2. The standard InChI is InChI=1S/C4H9NO.C3H2ClN3/c1-4(6)5(2)3;4-3-6-1-5-2-7-3/h1-3H3;1-2H. The van der Waals surface area contributed by atoms with Gasteiger partial charge < -0.3 is 4.90 Å². The summed E-state index contributed by atoms with van der Waals surface area (Å²) < 4.78 is 0. The Morgan fingerprint density at radius 1 is 1.38 bits per heavy atom. The molecule has 1 aromatic rings.